The SMILES string of the molecule is CCCOc1cccc(C2C(=C(O)c3c(C)nc4ccccn34)C(=O)C(=O)N2c2nc(C)c(C(C)=O)s2)c1. The Morgan fingerprint density at radius 3 is 2.61 bits per heavy atom. The predicted octanol–water partition coefficient (Wildman–Crippen LogP) is 5.03. The van der Waals surface area contributed by atoms with Gasteiger partial charge in [-0.15, -0.1) is 0 Å². The van der Waals surface area contributed by atoms with Crippen LogP contribution < -0.4 is 9.64 Å². The van der Waals surface area contributed by atoms with Crippen molar-refractivity contribution >= 4 is 45.3 Å². The van der Waals surface area contributed by atoms with E-state index in [1.54, 1.807) is 60.8 Å². The first-order chi connectivity index (χ1) is 18.2. The predicted molar refractivity (Wildman–Crippen MR) is 144 cm³/mol. The second kappa shape index (κ2) is 9.86. The number of aromatic nitrogens is 3. The summed E-state index contributed by atoms with van der Waals surface area (Å²) < 4.78 is 7.49. The topological polar surface area (TPSA) is 114 Å². The van der Waals surface area contributed by atoms with Gasteiger partial charge in [0.1, 0.15) is 17.1 Å². The number of pyridine rings is 1. The van der Waals surface area contributed by atoms with Gasteiger partial charge >= 0.3 is 5.91 Å². The van der Waals surface area contributed by atoms with Crippen molar-refractivity contribution in [1.82, 2.24) is 14.4 Å². The molecule has 0 spiro atoms. The Labute approximate surface area is 223 Å². The number of imidazole rings is 1. The minimum atomic E-state index is -1.00. The van der Waals surface area contributed by atoms with E-state index >= 15 is 0 Å². The second-order valence-electron chi connectivity index (χ2n) is 9.03. The van der Waals surface area contributed by atoms with Crippen LogP contribution >= 0.6 is 11.3 Å². The molecule has 1 unspecified atom stereocenters. The number of rotatable bonds is 7. The van der Waals surface area contributed by atoms with E-state index in [2.05, 4.69) is 9.97 Å². The molecule has 194 valence electrons. The standard InChI is InChI=1S/C28H26N4O5S/c1-5-13-37-19-10-8-9-18(14-19)23-21(24(34)22-15(2)29-20-11-6-7-12-31(20)22)25(35)27(36)32(23)28-30-16(3)26(38-28)17(4)33/h6-12,14,23,34H,5,13H2,1-4H3. The lowest BCUT2D eigenvalue weighted by Gasteiger charge is -2.23. The van der Waals surface area contributed by atoms with Gasteiger partial charge in [-0.1, -0.05) is 36.5 Å². The van der Waals surface area contributed by atoms with Crippen molar-refractivity contribution in [3.63, 3.8) is 0 Å². The maximum absolute atomic E-state index is 13.6. The Morgan fingerprint density at radius 2 is 1.89 bits per heavy atom. The molecule has 1 aliphatic rings. The fraction of sp³-hybridized carbons (Fsp3) is 0.250. The summed E-state index contributed by atoms with van der Waals surface area (Å²) >= 11 is 1.04. The molecule has 9 nitrogen and oxygen atoms in total. The number of ketones is 2. The van der Waals surface area contributed by atoms with Crippen LogP contribution in [-0.2, 0) is 9.59 Å². The van der Waals surface area contributed by atoms with Crippen LogP contribution in [0.25, 0.3) is 11.4 Å². The molecule has 1 saturated heterocycles. The van der Waals surface area contributed by atoms with Crippen molar-refractivity contribution in [3.05, 3.63) is 81.8 Å². The van der Waals surface area contributed by atoms with Crippen molar-refractivity contribution in [2.45, 2.75) is 40.2 Å². The monoisotopic (exact) mass is 530 g/mol. The molecule has 0 aliphatic carbocycles. The Hall–Kier alpha value is -4.31. The first-order valence-electron chi connectivity index (χ1n) is 12.2. The molecule has 1 aliphatic heterocycles. The number of Topliss-reactive ketones (excluding diaryl/α,β-unsaturated/α-hetero) is 2. The quantitative estimate of drug-likeness (QED) is 0.154. The number of fused-ring (bicyclic) bond motifs is 1. The molecule has 38 heavy (non-hydrogen) atoms. The minimum Gasteiger partial charge on any atom is -0.505 e. The summed E-state index contributed by atoms with van der Waals surface area (Å²) in [6, 6.07) is 11.5. The van der Waals surface area contributed by atoms with Crippen molar-refractivity contribution in [2.24, 2.45) is 0 Å². The van der Waals surface area contributed by atoms with Crippen molar-refractivity contribution in [3.8, 4) is 5.75 Å². The van der Waals surface area contributed by atoms with Crippen LogP contribution in [0.1, 0.15) is 58.6 Å². The lowest BCUT2D eigenvalue weighted by Crippen LogP contribution is -2.29. The van der Waals surface area contributed by atoms with Crippen LogP contribution in [0, 0.1) is 13.8 Å². The van der Waals surface area contributed by atoms with Crippen LogP contribution in [0.5, 0.6) is 5.75 Å². The van der Waals surface area contributed by atoms with Gasteiger partial charge in [-0.3, -0.25) is 23.7 Å². The fourth-order valence-electron chi connectivity index (χ4n) is 4.68. The van der Waals surface area contributed by atoms with Crippen LogP contribution in [0.2, 0.25) is 0 Å². The number of carbonyl (C=O) groups excluding carboxylic acids is 3. The van der Waals surface area contributed by atoms with Gasteiger partial charge in [0.15, 0.2) is 16.7 Å². The van der Waals surface area contributed by atoms with E-state index in [1.165, 1.54) is 11.8 Å². The number of ether oxygens (including phenoxy) is 1. The molecule has 1 aromatic carbocycles. The molecule has 0 radical (unpaired) electrons. The molecular formula is C28H26N4O5S. The van der Waals surface area contributed by atoms with Gasteiger partial charge in [0.05, 0.1) is 34.5 Å². The van der Waals surface area contributed by atoms with E-state index in [4.69, 9.17) is 4.74 Å². The number of thiazole rings is 1. The fourth-order valence-corrected chi connectivity index (χ4v) is 5.67. The first kappa shape index (κ1) is 25.3. The number of anilines is 1. The number of hydrogen-bond donors (Lipinski definition) is 1. The summed E-state index contributed by atoms with van der Waals surface area (Å²) in [5.74, 6) is -1.65. The Bertz CT molecular complexity index is 1630. The zero-order valence-electron chi connectivity index (χ0n) is 21.4. The molecule has 1 atom stereocenters. The molecule has 0 bridgehead atoms. The number of amides is 1. The highest BCUT2D eigenvalue weighted by atomic mass is 32.1. The zero-order valence-corrected chi connectivity index (χ0v) is 22.2. The maximum atomic E-state index is 13.6. The van der Waals surface area contributed by atoms with E-state index in [0.29, 0.717) is 45.5 Å². The average molecular weight is 531 g/mol. The van der Waals surface area contributed by atoms with Crippen LogP contribution in [0.4, 0.5) is 5.13 Å². The van der Waals surface area contributed by atoms with Gasteiger partial charge < -0.3 is 9.84 Å². The van der Waals surface area contributed by atoms with Gasteiger partial charge in [0.25, 0.3) is 5.78 Å². The first-order valence-corrected chi connectivity index (χ1v) is 13.0. The highest BCUT2D eigenvalue weighted by molar-refractivity contribution is 7.18. The molecule has 5 rings (SSSR count). The Morgan fingerprint density at radius 1 is 1.11 bits per heavy atom. The summed E-state index contributed by atoms with van der Waals surface area (Å²) in [6.45, 7) is 7.34. The number of nitrogens with zero attached hydrogens (tertiary/aromatic N) is 4. The summed E-state index contributed by atoms with van der Waals surface area (Å²) in [5.41, 5.74) is 2.35. The highest BCUT2D eigenvalue weighted by Crippen LogP contribution is 2.44. The van der Waals surface area contributed by atoms with Crippen LogP contribution in [0.15, 0.2) is 54.2 Å². The minimum absolute atomic E-state index is 0.0892. The third kappa shape index (κ3) is 4.16. The van der Waals surface area contributed by atoms with Gasteiger partial charge in [0, 0.05) is 13.1 Å². The Kier molecular flexibility index (Phi) is 6.58. The molecule has 1 fully saturated rings. The van der Waals surface area contributed by atoms with Gasteiger partial charge in [-0.25, -0.2) is 9.97 Å². The highest BCUT2D eigenvalue weighted by Gasteiger charge is 2.49. The van der Waals surface area contributed by atoms with E-state index in [1.807, 2.05) is 13.0 Å². The van der Waals surface area contributed by atoms with E-state index in [9.17, 15) is 19.5 Å². The zero-order chi connectivity index (χ0) is 27.1. The number of hydrogen-bond acceptors (Lipinski definition) is 8. The van der Waals surface area contributed by atoms with Gasteiger partial charge in [-0.2, -0.15) is 0 Å². The summed E-state index contributed by atoms with van der Waals surface area (Å²) in [7, 11) is 0. The van der Waals surface area contributed by atoms with E-state index in [0.717, 1.165) is 17.8 Å². The number of aryl methyl sites for hydroxylation is 2. The summed E-state index contributed by atoms with van der Waals surface area (Å²) in [6.07, 6.45) is 2.54. The number of aliphatic hydroxyl groups excluding tert-OH is 1. The molecule has 0 saturated carbocycles. The normalized spacial score (nSPS) is 16.9. The number of carbonyl (C=O) groups is 3. The van der Waals surface area contributed by atoms with E-state index in [-0.39, 0.29) is 22.2 Å². The van der Waals surface area contributed by atoms with E-state index < -0.39 is 17.7 Å². The lowest BCUT2D eigenvalue weighted by atomic mass is 9.96. The molecule has 4 heterocycles. The summed E-state index contributed by atoms with van der Waals surface area (Å²) in [5, 5.41) is 11.9. The molecule has 1 amide bonds. The third-order valence-corrected chi connectivity index (χ3v) is 7.59. The number of aliphatic hydroxyl groups is 1. The van der Waals surface area contributed by atoms with Crippen molar-refractivity contribution in [2.75, 3.05) is 11.5 Å². The molecule has 1 N–H and O–H groups in total. The van der Waals surface area contributed by atoms with Crippen LogP contribution in [0.3, 0.4) is 0 Å². The van der Waals surface area contributed by atoms with Gasteiger partial charge in [-0.05, 0) is 50.1 Å². The van der Waals surface area contributed by atoms with Gasteiger partial charge in [0.2, 0.25) is 0 Å². The van der Waals surface area contributed by atoms with Crippen molar-refractivity contribution in [1.29, 1.82) is 0 Å². The largest absolute Gasteiger partial charge is 0.505 e. The summed E-state index contributed by atoms with van der Waals surface area (Å²) in [4.78, 5) is 49.9. The lowest BCUT2D eigenvalue weighted by molar-refractivity contribution is -0.132. The second-order valence-corrected chi connectivity index (χ2v) is 10.0. The smallest absolute Gasteiger partial charge is 0.301 e. The third-order valence-electron chi connectivity index (χ3n) is 6.33. The molecular weight excluding hydrogens is 504 g/mol. The molecule has 10 heteroatoms. The number of benzene rings is 1. The molecule has 4 aromatic rings. The Balaban J connectivity index is 1.76. The van der Waals surface area contributed by atoms with Crippen molar-refractivity contribution < 1.29 is 24.2 Å². The average Bonchev–Trinajstić information content (AvgIpc) is 3.53. The molecule has 3 aromatic heterocycles. The van der Waals surface area contributed by atoms with Crippen LogP contribution in [-0.4, -0.2) is 43.6 Å². The maximum Gasteiger partial charge on any atom is 0.301 e.